The highest BCUT2D eigenvalue weighted by Crippen LogP contribution is 1.90. The molecule has 5 heteroatoms. The summed E-state index contributed by atoms with van der Waals surface area (Å²) in [5.74, 6) is 1.01. The molecule has 0 radical (unpaired) electrons. The second kappa shape index (κ2) is 7.96. The topological polar surface area (TPSA) is 79.5 Å². The van der Waals surface area contributed by atoms with Crippen molar-refractivity contribution in [3.8, 4) is 0 Å². The third kappa shape index (κ3) is 8.08. The van der Waals surface area contributed by atoms with Crippen LogP contribution in [0.1, 0.15) is 27.7 Å². The number of hydrogen-bond donors (Lipinski definition) is 3. The molecule has 0 rings (SSSR count). The maximum atomic E-state index is 11.2. The van der Waals surface area contributed by atoms with Gasteiger partial charge in [0.15, 0.2) is 5.96 Å². The lowest BCUT2D eigenvalue weighted by atomic mass is 10.2. The number of guanidine groups is 1. The fourth-order valence-corrected chi connectivity index (χ4v) is 0.917. The second-order valence-corrected chi connectivity index (χ2v) is 4.49. The molecule has 0 aliphatic rings. The predicted molar refractivity (Wildman–Crippen MR) is 67.2 cm³/mol. The smallest absolute Gasteiger partial charge is 0.222 e. The van der Waals surface area contributed by atoms with E-state index < -0.39 is 0 Å². The quantitative estimate of drug-likeness (QED) is 0.348. The number of hydrogen-bond acceptors (Lipinski definition) is 2. The summed E-state index contributed by atoms with van der Waals surface area (Å²) in [4.78, 5) is 15.3. The molecule has 0 bridgehead atoms. The van der Waals surface area contributed by atoms with Crippen molar-refractivity contribution in [2.24, 2.45) is 22.6 Å². The number of nitrogens with two attached hydrogens (primary N) is 1. The fourth-order valence-electron chi connectivity index (χ4n) is 0.917. The van der Waals surface area contributed by atoms with Gasteiger partial charge in [0.05, 0.1) is 0 Å². The van der Waals surface area contributed by atoms with Crippen molar-refractivity contribution in [3.05, 3.63) is 0 Å². The van der Waals surface area contributed by atoms with Crippen LogP contribution in [0.15, 0.2) is 4.99 Å². The molecule has 0 fully saturated rings. The number of nitrogens with one attached hydrogen (secondary N) is 2. The van der Waals surface area contributed by atoms with Gasteiger partial charge in [-0.1, -0.05) is 27.7 Å². The summed E-state index contributed by atoms with van der Waals surface area (Å²) in [6, 6.07) is 0. The van der Waals surface area contributed by atoms with Gasteiger partial charge in [0.2, 0.25) is 5.91 Å². The van der Waals surface area contributed by atoms with E-state index in [0.29, 0.717) is 25.0 Å². The number of amides is 1. The van der Waals surface area contributed by atoms with Gasteiger partial charge in [0.25, 0.3) is 0 Å². The predicted octanol–water partition coefficient (Wildman–Crippen LogP) is 0.319. The molecule has 0 aromatic rings. The van der Waals surface area contributed by atoms with E-state index in [2.05, 4.69) is 29.5 Å². The minimum absolute atomic E-state index is 0.0203. The summed E-state index contributed by atoms with van der Waals surface area (Å²) >= 11 is 0. The molecule has 0 unspecified atom stereocenters. The van der Waals surface area contributed by atoms with E-state index in [0.717, 1.165) is 6.54 Å². The molecular formula is C11H24N4O. The Morgan fingerprint density at radius 1 is 1.19 bits per heavy atom. The molecule has 94 valence electrons. The lowest BCUT2D eigenvalue weighted by Crippen LogP contribution is -2.39. The molecule has 0 heterocycles. The van der Waals surface area contributed by atoms with Crippen molar-refractivity contribution < 1.29 is 4.79 Å². The highest BCUT2D eigenvalue weighted by molar-refractivity contribution is 5.79. The molecule has 5 nitrogen and oxygen atoms in total. The van der Waals surface area contributed by atoms with E-state index in [1.54, 1.807) is 0 Å². The minimum Gasteiger partial charge on any atom is -0.370 e. The Balaban J connectivity index is 3.59. The number of rotatable bonds is 6. The van der Waals surface area contributed by atoms with E-state index >= 15 is 0 Å². The molecule has 4 N–H and O–H groups in total. The molecule has 0 saturated heterocycles. The van der Waals surface area contributed by atoms with E-state index in [-0.39, 0.29) is 11.8 Å². The Bertz CT molecular complexity index is 236. The van der Waals surface area contributed by atoms with Crippen LogP contribution < -0.4 is 16.4 Å². The Morgan fingerprint density at radius 3 is 2.25 bits per heavy atom. The summed E-state index contributed by atoms with van der Waals surface area (Å²) in [6.45, 7) is 9.78. The molecule has 1 amide bonds. The van der Waals surface area contributed by atoms with Crippen molar-refractivity contribution in [1.82, 2.24) is 10.6 Å². The van der Waals surface area contributed by atoms with Crippen LogP contribution in [-0.4, -0.2) is 31.5 Å². The van der Waals surface area contributed by atoms with Gasteiger partial charge >= 0.3 is 0 Å². The Hall–Kier alpha value is -1.26. The standard InChI is InChI=1S/C11H24N4O/c1-8(2)7-15-11(12)14-6-5-13-10(16)9(3)4/h8-9H,5-7H2,1-4H3,(H,13,16)(H3,12,14,15). The number of nitrogens with zero attached hydrogens (tertiary/aromatic N) is 1. The second-order valence-electron chi connectivity index (χ2n) is 4.49. The minimum atomic E-state index is 0.0203. The first kappa shape index (κ1) is 14.7. The van der Waals surface area contributed by atoms with Gasteiger partial charge in [-0.25, -0.2) is 0 Å². The van der Waals surface area contributed by atoms with Crippen molar-refractivity contribution in [2.45, 2.75) is 27.7 Å². The van der Waals surface area contributed by atoms with Crippen LogP contribution in [0.25, 0.3) is 0 Å². The molecule has 16 heavy (non-hydrogen) atoms. The Morgan fingerprint density at radius 2 is 1.75 bits per heavy atom. The first-order chi connectivity index (χ1) is 7.43. The first-order valence-electron chi connectivity index (χ1n) is 5.75. The third-order valence-corrected chi connectivity index (χ3v) is 1.88. The lowest BCUT2D eigenvalue weighted by Gasteiger charge is -2.09. The van der Waals surface area contributed by atoms with E-state index in [9.17, 15) is 4.79 Å². The van der Waals surface area contributed by atoms with Gasteiger partial charge in [-0.3, -0.25) is 9.79 Å². The van der Waals surface area contributed by atoms with Crippen LogP contribution in [0.3, 0.4) is 0 Å². The molecule has 0 saturated carbocycles. The summed E-state index contributed by atoms with van der Waals surface area (Å²) in [7, 11) is 0. The van der Waals surface area contributed by atoms with Crippen LogP contribution in [-0.2, 0) is 4.79 Å². The molecule has 0 spiro atoms. The monoisotopic (exact) mass is 228 g/mol. The van der Waals surface area contributed by atoms with Gasteiger partial charge < -0.3 is 16.4 Å². The Kier molecular flexibility index (Phi) is 7.33. The first-order valence-corrected chi connectivity index (χ1v) is 5.75. The van der Waals surface area contributed by atoms with Crippen LogP contribution >= 0.6 is 0 Å². The van der Waals surface area contributed by atoms with Gasteiger partial charge in [0, 0.05) is 25.6 Å². The van der Waals surface area contributed by atoms with E-state index in [1.165, 1.54) is 0 Å². The van der Waals surface area contributed by atoms with Crippen molar-refractivity contribution in [3.63, 3.8) is 0 Å². The average molecular weight is 228 g/mol. The van der Waals surface area contributed by atoms with Crippen LogP contribution in [0.2, 0.25) is 0 Å². The molecule has 0 aromatic heterocycles. The van der Waals surface area contributed by atoms with Crippen LogP contribution in [0, 0.1) is 11.8 Å². The zero-order chi connectivity index (χ0) is 12.6. The summed E-state index contributed by atoms with van der Waals surface area (Å²) in [6.07, 6.45) is 0. The van der Waals surface area contributed by atoms with Crippen LogP contribution in [0.4, 0.5) is 0 Å². The summed E-state index contributed by atoms with van der Waals surface area (Å²) in [5, 5.41) is 5.74. The average Bonchev–Trinajstić information content (AvgIpc) is 2.20. The molecule has 0 aliphatic carbocycles. The summed E-state index contributed by atoms with van der Waals surface area (Å²) in [5.41, 5.74) is 5.62. The van der Waals surface area contributed by atoms with Crippen molar-refractivity contribution in [2.75, 3.05) is 19.6 Å². The SMILES string of the molecule is CC(C)CN=C(N)NCCNC(=O)C(C)C. The van der Waals surface area contributed by atoms with Gasteiger partial charge in [-0.2, -0.15) is 0 Å². The number of carbonyl (C=O) groups is 1. The highest BCUT2D eigenvalue weighted by Gasteiger charge is 2.04. The molecule has 0 atom stereocenters. The maximum absolute atomic E-state index is 11.2. The van der Waals surface area contributed by atoms with Gasteiger partial charge in [-0.05, 0) is 5.92 Å². The van der Waals surface area contributed by atoms with E-state index in [1.807, 2.05) is 13.8 Å². The number of carbonyl (C=O) groups excluding carboxylic acids is 1. The maximum Gasteiger partial charge on any atom is 0.222 e. The molecular weight excluding hydrogens is 204 g/mol. The van der Waals surface area contributed by atoms with Gasteiger partial charge in [-0.15, -0.1) is 0 Å². The van der Waals surface area contributed by atoms with Crippen molar-refractivity contribution in [1.29, 1.82) is 0 Å². The van der Waals surface area contributed by atoms with Gasteiger partial charge in [0.1, 0.15) is 0 Å². The highest BCUT2D eigenvalue weighted by atomic mass is 16.1. The zero-order valence-corrected chi connectivity index (χ0v) is 10.7. The largest absolute Gasteiger partial charge is 0.370 e. The zero-order valence-electron chi connectivity index (χ0n) is 10.7. The lowest BCUT2D eigenvalue weighted by molar-refractivity contribution is -0.123. The normalized spacial score (nSPS) is 12.0. The number of aliphatic imine (C=N–C) groups is 1. The molecule has 0 aromatic carbocycles. The summed E-state index contributed by atoms with van der Waals surface area (Å²) < 4.78 is 0. The fraction of sp³-hybridized carbons (Fsp3) is 0.818. The third-order valence-electron chi connectivity index (χ3n) is 1.88. The van der Waals surface area contributed by atoms with E-state index in [4.69, 9.17) is 5.73 Å². The Labute approximate surface area is 97.9 Å². The van der Waals surface area contributed by atoms with Crippen molar-refractivity contribution >= 4 is 11.9 Å². The molecule has 0 aliphatic heterocycles. The van der Waals surface area contributed by atoms with Crippen LogP contribution in [0.5, 0.6) is 0 Å².